The molecule has 0 aliphatic carbocycles. The van der Waals surface area contributed by atoms with Gasteiger partial charge in [-0.05, 0) is 0 Å². The van der Waals surface area contributed by atoms with Crippen LogP contribution < -0.4 is 0 Å². The molecule has 0 spiro atoms. The van der Waals surface area contributed by atoms with E-state index in [1.54, 1.807) is 6.82 Å². The molecule has 2 heteroatoms. The molecule has 0 radical (unpaired) electrons. The first-order chi connectivity index (χ1) is 1.91. The molecule has 0 saturated carbocycles. The van der Waals surface area contributed by atoms with Crippen molar-refractivity contribution in [2.75, 3.05) is 0 Å². The molecular formula is C2H4BF. The average molecular weight is 57.9 g/mol. The third-order valence-corrected chi connectivity index (χ3v) is 0.126. The van der Waals surface area contributed by atoms with Crippen molar-refractivity contribution >= 4 is 13.1 Å². The first kappa shape index (κ1) is 3.86. The molecular weight excluding hydrogens is 53.8 g/mol. The molecule has 0 atom stereocenters. The fourth-order valence-corrected chi connectivity index (χ4v) is 0. The number of hydrogen-bond acceptors (Lipinski definition) is 0. The van der Waals surface area contributed by atoms with E-state index < -0.39 is 0 Å². The topological polar surface area (TPSA) is 0 Å². The van der Waals surface area contributed by atoms with Crippen LogP contribution in [0.15, 0.2) is 0 Å². The van der Waals surface area contributed by atoms with E-state index >= 15 is 0 Å². The zero-order valence-corrected chi connectivity index (χ0v) is 2.53. The minimum absolute atomic E-state index is 0.500. The average Bonchev–Trinajstić information content (AvgIpc) is 1.37. The Balaban J connectivity index is 2.55. The summed E-state index contributed by atoms with van der Waals surface area (Å²) >= 11 is 0. The maximum atomic E-state index is 10.5. The van der Waals surface area contributed by atoms with Gasteiger partial charge in [0.25, 0.3) is 0 Å². The molecule has 0 aromatic carbocycles. The third-order valence-electron chi connectivity index (χ3n) is 0.126. The summed E-state index contributed by atoms with van der Waals surface area (Å²) in [6.07, 6.45) is 0.500. The second-order valence-corrected chi connectivity index (χ2v) is 0.459. The van der Waals surface area contributed by atoms with Gasteiger partial charge in [-0.15, -0.1) is 0 Å². The summed E-state index contributed by atoms with van der Waals surface area (Å²) in [4.78, 5) is 0. The quantitative estimate of drug-likeness (QED) is 0.355. The van der Waals surface area contributed by atoms with Crippen LogP contribution in [0.25, 0.3) is 0 Å². The zero-order chi connectivity index (χ0) is 3.41. The molecule has 0 rings (SSSR count). The maximum absolute atomic E-state index is 10.5. The van der Waals surface area contributed by atoms with Crippen LogP contribution in [0.3, 0.4) is 0 Å². The van der Waals surface area contributed by atoms with E-state index in [9.17, 15) is 4.39 Å². The SMILES string of the molecule is CB=CF. The van der Waals surface area contributed by atoms with Gasteiger partial charge in [-0.3, -0.25) is 0 Å². The van der Waals surface area contributed by atoms with Crippen LogP contribution in [0.2, 0.25) is 6.82 Å². The van der Waals surface area contributed by atoms with Crippen molar-refractivity contribution in [2.24, 2.45) is 0 Å². The van der Waals surface area contributed by atoms with Gasteiger partial charge in [0.1, 0.15) is 0 Å². The van der Waals surface area contributed by atoms with Gasteiger partial charge in [-0.2, -0.15) is 0 Å². The number of rotatable bonds is 0. The van der Waals surface area contributed by atoms with Crippen molar-refractivity contribution in [1.82, 2.24) is 0 Å². The molecule has 0 heterocycles. The summed E-state index contributed by atoms with van der Waals surface area (Å²) in [6.45, 7) is 2.96. The van der Waals surface area contributed by atoms with Crippen molar-refractivity contribution in [3.05, 3.63) is 0 Å². The fraction of sp³-hybridized carbons (Fsp3) is 0.500. The van der Waals surface area contributed by atoms with E-state index in [-0.39, 0.29) is 0 Å². The van der Waals surface area contributed by atoms with E-state index in [2.05, 4.69) is 0 Å². The second-order valence-electron chi connectivity index (χ2n) is 0.459. The van der Waals surface area contributed by atoms with Crippen LogP contribution >= 0.6 is 0 Å². The summed E-state index contributed by atoms with van der Waals surface area (Å²) in [5.74, 6) is 0. The molecule has 0 saturated heterocycles. The molecule has 0 fully saturated rings. The van der Waals surface area contributed by atoms with E-state index in [0.29, 0.717) is 6.22 Å². The Hall–Kier alpha value is -0.135. The first-order valence-electron chi connectivity index (χ1n) is 1.13. The third kappa shape index (κ3) is 1.86. The molecule has 0 amide bonds. The Morgan fingerprint density at radius 1 is 2.00 bits per heavy atom. The van der Waals surface area contributed by atoms with E-state index in [1.807, 2.05) is 0 Å². The van der Waals surface area contributed by atoms with Crippen LogP contribution in [-0.4, -0.2) is 13.1 Å². The monoisotopic (exact) mass is 58.0 g/mol. The van der Waals surface area contributed by atoms with E-state index in [0.717, 1.165) is 0 Å². The van der Waals surface area contributed by atoms with Gasteiger partial charge in [0, 0.05) is 0 Å². The predicted octanol–water partition coefficient (Wildman–Crippen LogP) is 0.468. The summed E-state index contributed by atoms with van der Waals surface area (Å²) in [6, 6.07) is 0. The standard InChI is InChI=1S/C2H4BF/c1-3-2-4/h2H,1H3. The van der Waals surface area contributed by atoms with E-state index in [4.69, 9.17) is 0 Å². The molecule has 0 N–H and O–H groups in total. The minimum atomic E-state index is 0.500. The summed E-state index contributed by atoms with van der Waals surface area (Å²) in [5, 5.41) is 0. The summed E-state index contributed by atoms with van der Waals surface area (Å²) in [5.41, 5.74) is 0. The Bertz CT molecular complexity index is 21.2. The first-order valence-corrected chi connectivity index (χ1v) is 1.13. The van der Waals surface area contributed by atoms with Gasteiger partial charge in [-0.25, -0.2) is 0 Å². The van der Waals surface area contributed by atoms with Crippen molar-refractivity contribution in [2.45, 2.75) is 6.82 Å². The van der Waals surface area contributed by atoms with Gasteiger partial charge in [0.15, 0.2) is 0 Å². The molecule has 0 unspecified atom stereocenters. The van der Waals surface area contributed by atoms with Gasteiger partial charge >= 0.3 is 24.4 Å². The molecule has 0 bridgehead atoms. The molecule has 0 nitrogen and oxygen atoms in total. The van der Waals surface area contributed by atoms with Crippen LogP contribution in [0.1, 0.15) is 0 Å². The second kappa shape index (κ2) is 2.86. The van der Waals surface area contributed by atoms with Gasteiger partial charge in [0.05, 0.1) is 0 Å². The number of hydrogen-bond donors (Lipinski definition) is 0. The Morgan fingerprint density at radius 3 is 2.25 bits per heavy atom. The van der Waals surface area contributed by atoms with E-state index in [1.165, 1.54) is 6.92 Å². The van der Waals surface area contributed by atoms with Gasteiger partial charge in [0.2, 0.25) is 0 Å². The van der Waals surface area contributed by atoms with Gasteiger partial charge < -0.3 is 0 Å². The van der Waals surface area contributed by atoms with Crippen molar-refractivity contribution in [3.8, 4) is 0 Å². The zero-order valence-electron chi connectivity index (χ0n) is 2.53. The van der Waals surface area contributed by atoms with Crippen LogP contribution in [0, 0.1) is 0 Å². The van der Waals surface area contributed by atoms with Crippen molar-refractivity contribution in [3.63, 3.8) is 0 Å². The molecule has 0 aliphatic rings. The molecule has 22 valence electrons. The Labute approximate surface area is 25.5 Å². The molecule has 4 heavy (non-hydrogen) atoms. The van der Waals surface area contributed by atoms with Crippen molar-refractivity contribution < 1.29 is 4.39 Å². The summed E-state index contributed by atoms with van der Waals surface area (Å²) in [7, 11) is 0. The number of halogens is 1. The van der Waals surface area contributed by atoms with Crippen LogP contribution in [-0.2, 0) is 0 Å². The Morgan fingerprint density at radius 2 is 2.25 bits per heavy atom. The Kier molecular flexibility index (Phi) is 2.77. The summed E-state index contributed by atoms with van der Waals surface area (Å²) < 4.78 is 10.5. The molecule has 0 aliphatic heterocycles. The molecule has 0 aromatic rings. The predicted molar refractivity (Wildman–Crippen MR) is 18.8 cm³/mol. The van der Waals surface area contributed by atoms with Gasteiger partial charge in [-0.1, -0.05) is 0 Å². The normalized spacial score (nSPS) is 7.50. The fourth-order valence-electron chi connectivity index (χ4n) is 0. The van der Waals surface area contributed by atoms with Crippen LogP contribution in [0.4, 0.5) is 4.39 Å². The van der Waals surface area contributed by atoms with Crippen molar-refractivity contribution in [1.29, 1.82) is 0 Å². The molecule has 0 aromatic heterocycles. The van der Waals surface area contributed by atoms with Crippen LogP contribution in [0.5, 0.6) is 0 Å².